The maximum atomic E-state index is 2.63. The predicted octanol–water partition coefficient (Wildman–Crippen LogP) is 6.62. The molecule has 0 amide bonds. The van der Waals surface area contributed by atoms with E-state index in [0.29, 0.717) is 0 Å². The second-order valence-corrected chi connectivity index (χ2v) is 9.20. The fourth-order valence-electron chi connectivity index (χ4n) is 4.22. The molecule has 23 heavy (non-hydrogen) atoms. The van der Waals surface area contributed by atoms with Gasteiger partial charge in [0.15, 0.2) is 0 Å². The summed E-state index contributed by atoms with van der Waals surface area (Å²) in [5.74, 6) is 4.84. The molecule has 1 atom stereocenters. The van der Waals surface area contributed by atoms with Gasteiger partial charge in [0.2, 0.25) is 0 Å². The van der Waals surface area contributed by atoms with Crippen molar-refractivity contribution in [3.8, 4) is 0 Å². The average Bonchev–Trinajstić information content (AvgIpc) is 2.97. The molecular weight excluding hydrogens is 278 g/mol. The largest absolute Gasteiger partial charge is 0.303 e. The van der Waals surface area contributed by atoms with Gasteiger partial charge in [-0.2, -0.15) is 0 Å². The highest BCUT2D eigenvalue weighted by molar-refractivity contribution is 4.77. The monoisotopic (exact) mass is 323 g/mol. The number of rotatable bonds is 6. The van der Waals surface area contributed by atoms with Gasteiger partial charge in [-0.05, 0) is 61.9 Å². The minimum Gasteiger partial charge on any atom is -0.303 e. The van der Waals surface area contributed by atoms with Gasteiger partial charge in [0.1, 0.15) is 0 Å². The third-order valence-electron chi connectivity index (χ3n) is 6.02. The first-order chi connectivity index (χ1) is 10.9. The third-order valence-corrected chi connectivity index (χ3v) is 6.02. The Morgan fingerprint density at radius 1 is 0.957 bits per heavy atom. The van der Waals surface area contributed by atoms with Gasteiger partial charge in [-0.15, -0.1) is 0 Å². The Kier molecular flexibility index (Phi) is 10.5. The first-order valence-electron chi connectivity index (χ1n) is 10.6. The van der Waals surface area contributed by atoms with Crippen LogP contribution in [0.25, 0.3) is 0 Å². The van der Waals surface area contributed by atoms with E-state index in [2.05, 4.69) is 46.4 Å². The Morgan fingerprint density at radius 3 is 2.09 bits per heavy atom. The van der Waals surface area contributed by atoms with Crippen molar-refractivity contribution in [2.45, 2.75) is 92.9 Å². The van der Waals surface area contributed by atoms with Crippen molar-refractivity contribution in [1.82, 2.24) is 4.90 Å². The first-order valence-corrected chi connectivity index (χ1v) is 10.6. The van der Waals surface area contributed by atoms with Crippen LogP contribution in [0.15, 0.2) is 0 Å². The van der Waals surface area contributed by atoms with Crippen molar-refractivity contribution in [3.63, 3.8) is 0 Å². The molecule has 1 saturated carbocycles. The van der Waals surface area contributed by atoms with Gasteiger partial charge in [0.05, 0.1) is 0 Å². The molecule has 0 aromatic rings. The topological polar surface area (TPSA) is 3.24 Å². The second kappa shape index (κ2) is 11.5. The van der Waals surface area contributed by atoms with Gasteiger partial charge in [0, 0.05) is 6.54 Å². The molecule has 0 spiro atoms. The molecule has 2 aliphatic rings. The minimum atomic E-state index is 0.886. The lowest BCUT2D eigenvalue weighted by Gasteiger charge is -2.27. The molecule has 1 aliphatic heterocycles. The van der Waals surface area contributed by atoms with Crippen molar-refractivity contribution in [2.24, 2.45) is 29.6 Å². The fraction of sp³-hybridized carbons (Fsp3) is 1.00. The van der Waals surface area contributed by atoms with Crippen LogP contribution in [0.2, 0.25) is 0 Å². The highest BCUT2D eigenvalue weighted by Gasteiger charge is 2.23. The Morgan fingerprint density at radius 2 is 1.61 bits per heavy atom. The molecule has 2 rings (SSSR count). The van der Waals surface area contributed by atoms with E-state index in [-0.39, 0.29) is 0 Å². The Labute approximate surface area is 147 Å². The standard InChI is InChI=1S/C11H23N.C11H22/c1-4-5-7-12-8-6-11(9-12)10(2)3;1-9(2)8-11-6-4-10(3)5-7-11/h10-11H,4-9H2,1-3H3;9-11H,4-8H2,1-3H3. The molecule has 1 aliphatic carbocycles. The third kappa shape index (κ3) is 9.13. The van der Waals surface area contributed by atoms with Gasteiger partial charge in [-0.3, -0.25) is 0 Å². The smallest absolute Gasteiger partial charge is 0.00126 e. The zero-order valence-corrected chi connectivity index (χ0v) is 17.1. The van der Waals surface area contributed by atoms with Crippen molar-refractivity contribution < 1.29 is 0 Å². The lowest BCUT2D eigenvalue weighted by Crippen LogP contribution is -2.22. The maximum absolute atomic E-state index is 2.63. The summed E-state index contributed by atoms with van der Waals surface area (Å²) in [6.07, 6.45) is 11.6. The van der Waals surface area contributed by atoms with E-state index in [1.807, 2.05) is 0 Å². The van der Waals surface area contributed by atoms with Gasteiger partial charge in [0.25, 0.3) is 0 Å². The van der Waals surface area contributed by atoms with E-state index >= 15 is 0 Å². The van der Waals surface area contributed by atoms with Crippen LogP contribution in [0.1, 0.15) is 92.9 Å². The summed E-state index contributed by atoms with van der Waals surface area (Å²) >= 11 is 0. The van der Waals surface area contributed by atoms with Gasteiger partial charge >= 0.3 is 0 Å². The van der Waals surface area contributed by atoms with E-state index in [1.54, 1.807) is 0 Å². The number of hydrogen-bond acceptors (Lipinski definition) is 1. The highest BCUT2D eigenvalue weighted by atomic mass is 15.1. The highest BCUT2D eigenvalue weighted by Crippen LogP contribution is 2.32. The lowest BCUT2D eigenvalue weighted by molar-refractivity contribution is 0.256. The van der Waals surface area contributed by atoms with Gasteiger partial charge < -0.3 is 4.90 Å². The summed E-state index contributed by atoms with van der Waals surface area (Å²) in [5, 5.41) is 0. The van der Waals surface area contributed by atoms with Crippen LogP contribution >= 0.6 is 0 Å². The molecule has 0 radical (unpaired) electrons. The van der Waals surface area contributed by atoms with E-state index in [4.69, 9.17) is 0 Å². The van der Waals surface area contributed by atoms with Crippen LogP contribution in [0.5, 0.6) is 0 Å². The molecule has 2 fully saturated rings. The second-order valence-electron chi connectivity index (χ2n) is 9.20. The molecule has 1 saturated heterocycles. The molecule has 0 aromatic carbocycles. The van der Waals surface area contributed by atoms with E-state index in [0.717, 1.165) is 29.6 Å². The molecule has 1 unspecified atom stereocenters. The van der Waals surface area contributed by atoms with Crippen LogP contribution in [0, 0.1) is 29.6 Å². The lowest BCUT2D eigenvalue weighted by atomic mass is 9.79. The van der Waals surface area contributed by atoms with E-state index in [9.17, 15) is 0 Å². The number of hydrogen-bond donors (Lipinski definition) is 0. The van der Waals surface area contributed by atoms with Crippen molar-refractivity contribution in [3.05, 3.63) is 0 Å². The van der Waals surface area contributed by atoms with Crippen molar-refractivity contribution >= 4 is 0 Å². The molecule has 1 heteroatoms. The SMILES string of the molecule is CC(C)CC1CCC(C)CC1.CCCCN1CCC(C(C)C)C1. The molecule has 0 bridgehead atoms. The molecular formula is C22H45N. The van der Waals surface area contributed by atoms with E-state index < -0.39 is 0 Å². The summed E-state index contributed by atoms with van der Waals surface area (Å²) < 4.78 is 0. The Hall–Kier alpha value is -0.0400. The van der Waals surface area contributed by atoms with Gasteiger partial charge in [-0.25, -0.2) is 0 Å². The molecule has 138 valence electrons. The summed E-state index contributed by atoms with van der Waals surface area (Å²) in [6.45, 7) is 18.1. The fourth-order valence-corrected chi connectivity index (χ4v) is 4.22. The normalized spacial score (nSPS) is 29.0. The molecule has 0 aromatic heterocycles. The molecule has 1 heterocycles. The quantitative estimate of drug-likeness (QED) is 0.530. The van der Waals surface area contributed by atoms with Crippen LogP contribution < -0.4 is 0 Å². The number of nitrogens with zero attached hydrogens (tertiary/aromatic N) is 1. The first kappa shape index (κ1) is 21.0. The summed E-state index contributed by atoms with van der Waals surface area (Å²) in [6, 6.07) is 0. The zero-order chi connectivity index (χ0) is 17.2. The van der Waals surface area contributed by atoms with E-state index in [1.165, 1.54) is 71.0 Å². The van der Waals surface area contributed by atoms with Crippen LogP contribution in [0.4, 0.5) is 0 Å². The number of unbranched alkanes of at least 4 members (excludes halogenated alkanes) is 1. The number of likely N-dealkylation sites (tertiary alicyclic amines) is 1. The van der Waals surface area contributed by atoms with Crippen LogP contribution in [-0.2, 0) is 0 Å². The summed E-state index contributed by atoms with van der Waals surface area (Å²) in [4.78, 5) is 2.63. The molecule has 1 nitrogen and oxygen atoms in total. The maximum Gasteiger partial charge on any atom is 0.00126 e. The van der Waals surface area contributed by atoms with Gasteiger partial charge in [-0.1, -0.05) is 73.6 Å². The minimum absolute atomic E-state index is 0.886. The molecule has 0 N–H and O–H groups in total. The van der Waals surface area contributed by atoms with Crippen LogP contribution in [0.3, 0.4) is 0 Å². The van der Waals surface area contributed by atoms with Crippen LogP contribution in [-0.4, -0.2) is 24.5 Å². The van der Waals surface area contributed by atoms with Crippen molar-refractivity contribution in [2.75, 3.05) is 19.6 Å². The van der Waals surface area contributed by atoms with Crippen molar-refractivity contribution in [1.29, 1.82) is 0 Å². The Balaban J connectivity index is 0.000000231. The predicted molar refractivity (Wildman–Crippen MR) is 105 cm³/mol. The summed E-state index contributed by atoms with van der Waals surface area (Å²) in [7, 11) is 0. The zero-order valence-electron chi connectivity index (χ0n) is 17.1. The Bertz CT molecular complexity index is 276. The average molecular weight is 324 g/mol. The summed E-state index contributed by atoms with van der Waals surface area (Å²) in [5.41, 5.74) is 0.